The minimum atomic E-state index is -5.08. The number of hydrogen-bond donors (Lipinski definition) is 7. The lowest BCUT2D eigenvalue weighted by molar-refractivity contribution is -0.192. The van der Waals surface area contributed by atoms with E-state index in [-0.39, 0.29) is 23.0 Å². The first-order valence-corrected chi connectivity index (χ1v) is 10.6. The molecule has 17 heteroatoms. The molecule has 0 saturated carbocycles. The number of urea groups is 1. The molecule has 3 amide bonds. The van der Waals surface area contributed by atoms with Crippen LogP contribution < -0.4 is 37.3 Å². The number of nitrogens with one attached hydrogen (secondary N) is 5. The summed E-state index contributed by atoms with van der Waals surface area (Å²) >= 11 is 6.24. The number of anilines is 2. The molecule has 1 aliphatic rings. The van der Waals surface area contributed by atoms with Gasteiger partial charge in [-0.05, 0) is 35.9 Å². The third kappa shape index (κ3) is 8.75. The molecule has 206 valence electrons. The Morgan fingerprint density at radius 1 is 1.11 bits per heavy atom. The number of carbonyl (C=O) groups excluding carboxylic acids is 2. The van der Waals surface area contributed by atoms with Gasteiger partial charge in [0.25, 0.3) is 5.91 Å². The first-order chi connectivity index (χ1) is 17.7. The molecule has 1 unspecified atom stereocenters. The zero-order valence-corrected chi connectivity index (χ0v) is 19.7. The van der Waals surface area contributed by atoms with Crippen molar-refractivity contribution in [2.75, 3.05) is 10.6 Å². The van der Waals surface area contributed by atoms with E-state index in [1.165, 1.54) is 18.2 Å². The molecule has 0 spiro atoms. The van der Waals surface area contributed by atoms with Crippen molar-refractivity contribution in [3.8, 4) is 5.75 Å². The van der Waals surface area contributed by atoms with E-state index < -0.39 is 36.4 Å². The van der Waals surface area contributed by atoms with Crippen LogP contribution in [-0.4, -0.2) is 41.5 Å². The van der Waals surface area contributed by atoms with Crippen LogP contribution in [0.1, 0.15) is 5.56 Å². The number of alkyl halides is 5. The molecule has 0 bridgehead atoms. The fourth-order valence-electron chi connectivity index (χ4n) is 2.75. The van der Waals surface area contributed by atoms with Crippen molar-refractivity contribution < 1.29 is 46.2 Å². The van der Waals surface area contributed by atoms with Gasteiger partial charge in [0.15, 0.2) is 5.66 Å². The molecule has 0 fully saturated rings. The molecule has 0 aliphatic carbocycles. The Hall–Kier alpha value is -4.15. The quantitative estimate of drug-likeness (QED) is 0.239. The van der Waals surface area contributed by atoms with E-state index in [1.807, 2.05) is 0 Å². The number of primary amides is 1. The van der Waals surface area contributed by atoms with Gasteiger partial charge in [0.1, 0.15) is 5.75 Å². The van der Waals surface area contributed by atoms with Crippen LogP contribution in [0.25, 0.3) is 0 Å². The molecule has 1 aliphatic heterocycles. The van der Waals surface area contributed by atoms with Crippen LogP contribution in [0.15, 0.2) is 54.7 Å². The second-order valence-corrected chi connectivity index (χ2v) is 7.61. The molecule has 1 atom stereocenters. The molecular formula is C21H20ClF5N6O5. The number of nitrogens with two attached hydrogens (primary N) is 1. The molecule has 38 heavy (non-hydrogen) atoms. The summed E-state index contributed by atoms with van der Waals surface area (Å²) in [5.41, 5.74) is 10.7. The second-order valence-electron chi connectivity index (χ2n) is 7.20. The number of rotatable bonds is 8. The fourth-order valence-corrected chi connectivity index (χ4v) is 3.00. The maximum Gasteiger partial charge on any atom is 0.490 e. The highest BCUT2D eigenvalue weighted by Gasteiger charge is 2.38. The second kappa shape index (κ2) is 12.9. The average Bonchev–Trinajstić information content (AvgIpc) is 3.31. The van der Waals surface area contributed by atoms with E-state index in [9.17, 15) is 31.5 Å². The predicted molar refractivity (Wildman–Crippen MR) is 125 cm³/mol. The van der Waals surface area contributed by atoms with Gasteiger partial charge >= 0.3 is 24.8 Å². The number of ether oxygens (including phenoxy) is 1. The zero-order valence-electron chi connectivity index (χ0n) is 18.9. The van der Waals surface area contributed by atoms with E-state index in [0.29, 0.717) is 5.69 Å². The maximum absolute atomic E-state index is 12.5. The van der Waals surface area contributed by atoms with Crippen molar-refractivity contribution in [1.82, 2.24) is 16.2 Å². The minimum Gasteiger partial charge on any atom is -0.475 e. The topological polar surface area (TPSA) is 167 Å². The Kier molecular flexibility index (Phi) is 10.2. The minimum absolute atomic E-state index is 0.0692. The van der Waals surface area contributed by atoms with Gasteiger partial charge in [-0.15, -0.1) is 0 Å². The van der Waals surface area contributed by atoms with Gasteiger partial charge in [-0.25, -0.2) is 15.0 Å². The van der Waals surface area contributed by atoms with Crippen LogP contribution in [-0.2, 0) is 16.1 Å². The van der Waals surface area contributed by atoms with Crippen molar-refractivity contribution in [2.24, 2.45) is 5.73 Å². The van der Waals surface area contributed by atoms with E-state index in [1.54, 1.807) is 36.5 Å². The Labute approximate surface area is 216 Å². The summed E-state index contributed by atoms with van der Waals surface area (Å²) < 4.78 is 61.1. The van der Waals surface area contributed by atoms with Gasteiger partial charge in [-0.3, -0.25) is 10.1 Å². The monoisotopic (exact) mass is 566 g/mol. The van der Waals surface area contributed by atoms with E-state index in [0.717, 1.165) is 5.56 Å². The van der Waals surface area contributed by atoms with Crippen molar-refractivity contribution in [1.29, 1.82) is 0 Å². The summed E-state index contributed by atoms with van der Waals surface area (Å²) in [7, 11) is 0. The lowest BCUT2D eigenvalue weighted by atomic mass is 10.1. The van der Waals surface area contributed by atoms with Crippen molar-refractivity contribution >= 4 is 40.9 Å². The highest BCUT2D eigenvalue weighted by atomic mass is 35.5. The SMILES string of the molecule is NC(=O)C1(NCc2ccc(NC(=O)Nc3ccccc3OC(F)F)c(Cl)c2)C=CNN1.O=C(O)C(F)(F)F. The standard InChI is InChI=1S/C19H19ClF2N6O3.C2HF3O2/c20-12-9-11(10-24-19(16(23)29)7-8-25-28-19)5-6-13(12)26-18(30)27-14-3-1-2-4-15(14)31-17(21)22;3-2(4,5)1(6)7/h1-9,17,24-25,28H,10H2,(H2,23,29)(H2,26,27,30);(H,6,7). The van der Waals surface area contributed by atoms with Crippen LogP contribution in [0, 0.1) is 0 Å². The Bertz CT molecular complexity index is 1200. The third-order valence-corrected chi connectivity index (χ3v) is 4.83. The molecule has 1 heterocycles. The van der Waals surface area contributed by atoms with Crippen molar-refractivity contribution in [3.63, 3.8) is 0 Å². The van der Waals surface area contributed by atoms with Crippen LogP contribution in [0.2, 0.25) is 5.02 Å². The van der Waals surface area contributed by atoms with Crippen molar-refractivity contribution in [2.45, 2.75) is 25.0 Å². The van der Waals surface area contributed by atoms with Gasteiger partial charge in [0, 0.05) is 12.7 Å². The molecule has 3 rings (SSSR count). The molecule has 0 radical (unpaired) electrons. The number of halogens is 6. The fraction of sp³-hybridized carbons (Fsp3) is 0.190. The number of carboxylic acids is 1. The lowest BCUT2D eigenvalue weighted by Gasteiger charge is -2.25. The summed E-state index contributed by atoms with van der Waals surface area (Å²) in [5, 5.41) is 15.3. The van der Waals surface area contributed by atoms with Crippen molar-refractivity contribution in [3.05, 3.63) is 65.3 Å². The van der Waals surface area contributed by atoms with Gasteiger partial charge < -0.3 is 31.6 Å². The molecule has 2 aromatic rings. The smallest absolute Gasteiger partial charge is 0.475 e. The number of carboxylic acid groups (broad SMARTS) is 1. The predicted octanol–water partition coefficient (Wildman–Crippen LogP) is 3.11. The summed E-state index contributed by atoms with van der Waals surface area (Å²) in [4.78, 5) is 32.9. The summed E-state index contributed by atoms with van der Waals surface area (Å²) in [6.45, 7) is -2.78. The molecule has 0 aromatic heterocycles. The summed E-state index contributed by atoms with van der Waals surface area (Å²) in [6.07, 6.45) is -1.99. The number of amides is 3. The van der Waals surface area contributed by atoms with Crippen LogP contribution in [0.4, 0.5) is 38.1 Å². The Morgan fingerprint density at radius 3 is 2.26 bits per heavy atom. The number of carbonyl (C=O) groups is 3. The summed E-state index contributed by atoms with van der Waals surface area (Å²) in [6, 6.07) is 9.93. The largest absolute Gasteiger partial charge is 0.490 e. The molecule has 0 saturated heterocycles. The van der Waals surface area contributed by atoms with E-state index >= 15 is 0 Å². The zero-order chi connectivity index (χ0) is 28.5. The molecule has 2 aromatic carbocycles. The Balaban J connectivity index is 0.000000638. The number of aliphatic carboxylic acids is 1. The van der Waals surface area contributed by atoms with E-state index in [2.05, 4.69) is 31.5 Å². The lowest BCUT2D eigenvalue weighted by Crippen LogP contribution is -2.63. The highest BCUT2D eigenvalue weighted by Crippen LogP contribution is 2.27. The molecule has 8 N–H and O–H groups in total. The third-order valence-electron chi connectivity index (χ3n) is 4.52. The van der Waals surface area contributed by atoms with Gasteiger partial charge in [-0.2, -0.15) is 22.0 Å². The number of hydrogen-bond acceptors (Lipinski definition) is 7. The highest BCUT2D eigenvalue weighted by molar-refractivity contribution is 6.33. The number of para-hydroxylation sites is 2. The average molecular weight is 567 g/mol. The van der Waals surface area contributed by atoms with Gasteiger partial charge in [-0.1, -0.05) is 29.8 Å². The summed E-state index contributed by atoms with van der Waals surface area (Å²) in [5.74, 6) is -3.55. The maximum atomic E-state index is 12.5. The first-order valence-electron chi connectivity index (χ1n) is 10.2. The first kappa shape index (κ1) is 30.1. The Morgan fingerprint density at radius 2 is 1.74 bits per heavy atom. The number of hydrazine groups is 1. The van der Waals surface area contributed by atoms with Crippen LogP contribution >= 0.6 is 11.6 Å². The molecular weight excluding hydrogens is 547 g/mol. The normalized spacial score (nSPS) is 16.2. The van der Waals surface area contributed by atoms with Crippen LogP contribution in [0.3, 0.4) is 0 Å². The van der Waals surface area contributed by atoms with Gasteiger partial charge in [0.05, 0.1) is 16.4 Å². The van der Waals surface area contributed by atoms with Crippen LogP contribution in [0.5, 0.6) is 5.75 Å². The van der Waals surface area contributed by atoms with E-state index in [4.69, 9.17) is 27.2 Å². The molecule has 11 nitrogen and oxygen atoms in total. The van der Waals surface area contributed by atoms with Gasteiger partial charge in [0.2, 0.25) is 0 Å². The number of benzene rings is 2.